The van der Waals surface area contributed by atoms with Gasteiger partial charge in [-0.25, -0.2) is 4.79 Å². The van der Waals surface area contributed by atoms with Gasteiger partial charge in [-0.3, -0.25) is 4.79 Å². The van der Waals surface area contributed by atoms with Crippen LogP contribution in [0.15, 0.2) is 0 Å². The first kappa shape index (κ1) is 16.8. The van der Waals surface area contributed by atoms with E-state index in [1.807, 2.05) is 11.8 Å². The lowest BCUT2D eigenvalue weighted by atomic mass is 9.85. The van der Waals surface area contributed by atoms with Crippen molar-refractivity contribution in [2.75, 3.05) is 19.6 Å². The summed E-state index contributed by atoms with van der Waals surface area (Å²) in [7, 11) is 0. The summed E-state index contributed by atoms with van der Waals surface area (Å²) in [5, 5.41) is 11.7. The van der Waals surface area contributed by atoms with Crippen LogP contribution in [0.1, 0.15) is 52.9 Å². The highest BCUT2D eigenvalue weighted by Crippen LogP contribution is 2.29. The number of urea groups is 1. The third-order valence-corrected chi connectivity index (χ3v) is 4.21. The van der Waals surface area contributed by atoms with E-state index in [1.54, 1.807) is 0 Å². The largest absolute Gasteiger partial charge is 0.481 e. The van der Waals surface area contributed by atoms with E-state index in [9.17, 15) is 9.59 Å². The molecule has 0 aromatic carbocycles. The van der Waals surface area contributed by atoms with E-state index in [1.165, 1.54) is 0 Å². The first-order valence-corrected chi connectivity index (χ1v) is 7.58. The van der Waals surface area contributed by atoms with E-state index >= 15 is 0 Å². The minimum Gasteiger partial charge on any atom is -0.481 e. The monoisotopic (exact) mass is 284 g/mol. The van der Waals surface area contributed by atoms with E-state index in [4.69, 9.17) is 5.11 Å². The molecule has 1 aliphatic rings. The zero-order chi connectivity index (χ0) is 15.2. The fourth-order valence-corrected chi connectivity index (χ4v) is 2.58. The molecule has 1 fully saturated rings. The third kappa shape index (κ3) is 5.80. The maximum absolute atomic E-state index is 12.1. The van der Waals surface area contributed by atoms with Gasteiger partial charge in [-0.15, -0.1) is 0 Å². The lowest BCUT2D eigenvalue weighted by Crippen LogP contribution is -2.42. The van der Waals surface area contributed by atoms with Crippen molar-refractivity contribution in [3.63, 3.8) is 0 Å². The summed E-state index contributed by atoms with van der Waals surface area (Å²) in [6.07, 6.45) is 4.08. The van der Waals surface area contributed by atoms with Gasteiger partial charge in [-0.05, 0) is 30.6 Å². The van der Waals surface area contributed by atoms with Crippen molar-refractivity contribution in [2.45, 2.75) is 52.9 Å². The summed E-state index contributed by atoms with van der Waals surface area (Å²) in [4.78, 5) is 24.7. The fourth-order valence-electron chi connectivity index (χ4n) is 2.58. The number of hydrogen-bond donors (Lipinski definition) is 2. The topological polar surface area (TPSA) is 69.6 Å². The minimum atomic E-state index is -0.803. The maximum atomic E-state index is 12.1. The number of likely N-dealkylation sites (tertiary alicyclic amines) is 1. The first-order chi connectivity index (χ1) is 9.34. The van der Waals surface area contributed by atoms with Gasteiger partial charge in [-0.2, -0.15) is 0 Å². The molecular formula is C15H28N2O3. The van der Waals surface area contributed by atoms with Crippen LogP contribution < -0.4 is 5.32 Å². The second-order valence-corrected chi connectivity index (χ2v) is 6.56. The van der Waals surface area contributed by atoms with E-state index in [0.29, 0.717) is 12.0 Å². The lowest BCUT2D eigenvalue weighted by Gasteiger charge is -2.24. The smallest absolute Gasteiger partial charge is 0.317 e. The molecule has 1 atom stereocenters. The van der Waals surface area contributed by atoms with Crippen LogP contribution in [-0.4, -0.2) is 41.6 Å². The van der Waals surface area contributed by atoms with Crippen molar-refractivity contribution in [1.82, 2.24) is 10.2 Å². The number of hydrogen-bond acceptors (Lipinski definition) is 2. The lowest BCUT2D eigenvalue weighted by molar-refractivity contribution is -0.138. The molecule has 20 heavy (non-hydrogen) atoms. The molecule has 1 heterocycles. The van der Waals surface area contributed by atoms with Gasteiger partial charge in [0.15, 0.2) is 0 Å². The number of amides is 2. The van der Waals surface area contributed by atoms with Gasteiger partial charge < -0.3 is 15.3 Å². The van der Waals surface area contributed by atoms with Gasteiger partial charge in [-0.1, -0.05) is 27.2 Å². The van der Waals surface area contributed by atoms with Crippen molar-refractivity contribution < 1.29 is 14.7 Å². The van der Waals surface area contributed by atoms with Crippen molar-refractivity contribution in [2.24, 2.45) is 11.3 Å². The molecule has 1 aliphatic heterocycles. The van der Waals surface area contributed by atoms with E-state index < -0.39 is 5.97 Å². The minimum absolute atomic E-state index is 0.0138. The van der Waals surface area contributed by atoms with Crippen LogP contribution in [0.25, 0.3) is 0 Å². The molecule has 0 bridgehead atoms. The van der Waals surface area contributed by atoms with Crippen molar-refractivity contribution in [3.05, 3.63) is 0 Å². The maximum Gasteiger partial charge on any atom is 0.317 e. The summed E-state index contributed by atoms with van der Waals surface area (Å²) >= 11 is 0. The summed E-state index contributed by atoms with van der Waals surface area (Å²) in [5.41, 5.74) is 0.310. The van der Waals surface area contributed by atoms with Crippen molar-refractivity contribution in [1.29, 1.82) is 0 Å². The number of carbonyl (C=O) groups excluding carboxylic acids is 1. The summed E-state index contributed by atoms with van der Waals surface area (Å²) in [5.74, 6) is -0.789. The van der Waals surface area contributed by atoms with E-state index in [-0.39, 0.29) is 18.4 Å². The highest BCUT2D eigenvalue weighted by Gasteiger charge is 2.25. The predicted molar refractivity (Wildman–Crippen MR) is 78.6 cm³/mol. The Labute approximate surface area is 121 Å². The van der Waals surface area contributed by atoms with Crippen LogP contribution >= 0.6 is 0 Å². The Kier molecular flexibility index (Phi) is 6.30. The number of carboxylic acid groups (broad SMARTS) is 1. The summed E-state index contributed by atoms with van der Waals surface area (Å²) < 4.78 is 0. The van der Waals surface area contributed by atoms with Crippen molar-refractivity contribution in [3.8, 4) is 0 Å². The van der Waals surface area contributed by atoms with Gasteiger partial charge >= 0.3 is 12.0 Å². The number of aliphatic carboxylic acids is 1. The third-order valence-electron chi connectivity index (χ3n) is 4.21. The van der Waals surface area contributed by atoms with Crippen molar-refractivity contribution >= 4 is 12.0 Å². The molecule has 0 saturated carbocycles. The van der Waals surface area contributed by atoms with Crippen LogP contribution in [0.4, 0.5) is 4.79 Å². The van der Waals surface area contributed by atoms with E-state index in [2.05, 4.69) is 19.2 Å². The molecule has 0 radical (unpaired) electrons. The van der Waals surface area contributed by atoms with Crippen LogP contribution in [-0.2, 0) is 4.79 Å². The zero-order valence-corrected chi connectivity index (χ0v) is 12.9. The normalized spacial score (nSPS) is 20.1. The number of nitrogens with one attached hydrogen (secondary N) is 1. The molecule has 2 N–H and O–H groups in total. The molecule has 0 aliphatic carbocycles. The number of rotatable bonds is 5. The quantitative estimate of drug-likeness (QED) is 0.815. The van der Waals surface area contributed by atoms with Crippen LogP contribution in [0.2, 0.25) is 0 Å². The molecule has 1 saturated heterocycles. The van der Waals surface area contributed by atoms with Crippen LogP contribution in [0.3, 0.4) is 0 Å². The van der Waals surface area contributed by atoms with Gasteiger partial charge in [0.2, 0.25) is 0 Å². The average Bonchev–Trinajstić information content (AvgIpc) is 2.54. The van der Waals surface area contributed by atoms with Gasteiger partial charge in [0.1, 0.15) is 0 Å². The Morgan fingerprint density at radius 3 is 2.60 bits per heavy atom. The number of carbonyl (C=O) groups is 2. The van der Waals surface area contributed by atoms with Crippen LogP contribution in [0.5, 0.6) is 0 Å². The van der Waals surface area contributed by atoms with Gasteiger partial charge in [0.25, 0.3) is 0 Å². The highest BCUT2D eigenvalue weighted by molar-refractivity contribution is 5.74. The van der Waals surface area contributed by atoms with Gasteiger partial charge in [0, 0.05) is 26.1 Å². The molecule has 2 amide bonds. The SMILES string of the molecule is CCC(CNC(=O)N1CCCC(C)(C)CC1)CC(=O)O. The van der Waals surface area contributed by atoms with E-state index in [0.717, 1.165) is 38.8 Å². The van der Waals surface area contributed by atoms with Crippen LogP contribution in [0, 0.1) is 11.3 Å². The number of nitrogens with zero attached hydrogens (tertiary/aromatic N) is 1. The predicted octanol–water partition coefficient (Wildman–Crippen LogP) is 2.71. The first-order valence-electron chi connectivity index (χ1n) is 7.58. The second kappa shape index (κ2) is 7.50. The molecule has 116 valence electrons. The molecule has 5 heteroatoms. The second-order valence-electron chi connectivity index (χ2n) is 6.56. The molecule has 1 unspecified atom stereocenters. The average molecular weight is 284 g/mol. The Bertz CT molecular complexity index is 342. The summed E-state index contributed by atoms with van der Waals surface area (Å²) in [6, 6.07) is -0.0495. The standard InChI is InChI=1S/C15H28N2O3/c1-4-12(10-13(18)19)11-16-14(20)17-8-5-6-15(2,3)7-9-17/h12H,4-11H2,1-3H3,(H,16,20)(H,18,19). The fraction of sp³-hybridized carbons (Fsp3) is 0.867. The molecular weight excluding hydrogens is 256 g/mol. The zero-order valence-electron chi connectivity index (χ0n) is 12.9. The highest BCUT2D eigenvalue weighted by atomic mass is 16.4. The Balaban J connectivity index is 2.40. The molecule has 5 nitrogen and oxygen atoms in total. The Morgan fingerprint density at radius 2 is 2.00 bits per heavy atom. The molecule has 0 aromatic heterocycles. The Morgan fingerprint density at radius 1 is 1.30 bits per heavy atom. The molecule has 1 rings (SSSR count). The molecule has 0 spiro atoms. The van der Waals surface area contributed by atoms with Gasteiger partial charge in [0.05, 0.1) is 0 Å². The Hall–Kier alpha value is -1.26. The number of carboxylic acids is 1. The summed E-state index contributed by atoms with van der Waals surface area (Å²) in [6.45, 7) is 8.47. The molecule has 0 aromatic rings.